The number of hydrazone groups is 1. The standard InChI is InChI=1S/C18H19N3O5S/c1-13-7-3-6-10-16(13)21(27(2,25)26)12-17(22)20-19-11-14-8-4-5-9-15(14)18(23)24/h3-11H,12H2,1-2H3,(H,20,22)(H,23,24)/b19-11+. The minimum absolute atomic E-state index is 0.0353. The number of aromatic carboxylic acids is 1. The highest BCUT2D eigenvalue weighted by Gasteiger charge is 2.21. The summed E-state index contributed by atoms with van der Waals surface area (Å²) in [4.78, 5) is 23.3. The third kappa shape index (κ3) is 5.38. The molecule has 2 aromatic rings. The topological polar surface area (TPSA) is 116 Å². The van der Waals surface area contributed by atoms with E-state index in [4.69, 9.17) is 5.11 Å². The number of hydrogen-bond donors (Lipinski definition) is 2. The van der Waals surface area contributed by atoms with E-state index in [0.29, 0.717) is 16.8 Å². The van der Waals surface area contributed by atoms with Gasteiger partial charge in [0.1, 0.15) is 6.54 Å². The molecule has 0 aliphatic heterocycles. The number of carboxylic acid groups (broad SMARTS) is 1. The van der Waals surface area contributed by atoms with Gasteiger partial charge in [-0.2, -0.15) is 5.10 Å². The molecule has 0 spiro atoms. The zero-order valence-electron chi connectivity index (χ0n) is 14.8. The highest BCUT2D eigenvalue weighted by molar-refractivity contribution is 7.92. The van der Waals surface area contributed by atoms with Crippen LogP contribution in [0.2, 0.25) is 0 Å². The van der Waals surface area contributed by atoms with E-state index >= 15 is 0 Å². The first-order valence-electron chi connectivity index (χ1n) is 7.87. The maximum Gasteiger partial charge on any atom is 0.336 e. The molecule has 2 N–H and O–H groups in total. The monoisotopic (exact) mass is 389 g/mol. The molecule has 0 atom stereocenters. The molecular weight excluding hydrogens is 370 g/mol. The van der Waals surface area contributed by atoms with E-state index in [0.717, 1.165) is 10.6 Å². The minimum Gasteiger partial charge on any atom is -0.478 e. The number of amides is 1. The van der Waals surface area contributed by atoms with Crippen LogP contribution < -0.4 is 9.73 Å². The molecule has 2 rings (SSSR count). The Bertz CT molecular complexity index is 986. The van der Waals surface area contributed by atoms with E-state index in [2.05, 4.69) is 10.5 Å². The van der Waals surface area contributed by atoms with Gasteiger partial charge in [-0.25, -0.2) is 18.6 Å². The molecule has 0 radical (unpaired) electrons. The predicted molar refractivity (Wildman–Crippen MR) is 103 cm³/mol. The third-order valence-corrected chi connectivity index (χ3v) is 4.78. The fraction of sp³-hybridized carbons (Fsp3) is 0.167. The van der Waals surface area contributed by atoms with E-state index < -0.39 is 28.4 Å². The fourth-order valence-electron chi connectivity index (χ4n) is 2.37. The Kier molecular flexibility index (Phi) is 6.30. The number of nitrogens with zero attached hydrogens (tertiary/aromatic N) is 2. The summed E-state index contributed by atoms with van der Waals surface area (Å²) in [5.41, 5.74) is 3.67. The van der Waals surface area contributed by atoms with Gasteiger partial charge in [0, 0.05) is 5.56 Å². The molecule has 1 amide bonds. The van der Waals surface area contributed by atoms with Crippen molar-refractivity contribution in [3.05, 3.63) is 65.2 Å². The van der Waals surface area contributed by atoms with Gasteiger partial charge in [0.05, 0.1) is 23.7 Å². The van der Waals surface area contributed by atoms with E-state index in [9.17, 15) is 18.0 Å². The van der Waals surface area contributed by atoms with Gasteiger partial charge in [-0.05, 0) is 24.6 Å². The van der Waals surface area contributed by atoms with Crippen LogP contribution in [0.5, 0.6) is 0 Å². The van der Waals surface area contributed by atoms with Crippen LogP contribution in [-0.4, -0.2) is 44.4 Å². The van der Waals surface area contributed by atoms with Gasteiger partial charge in [-0.3, -0.25) is 9.10 Å². The number of benzene rings is 2. The van der Waals surface area contributed by atoms with Crippen LogP contribution in [0.15, 0.2) is 53.6 Å². The summed E-state index contributed by atoms with van der Waals surface area (Å²) in [5, 5.41) is 12.8. The number of para-hydroxylation sites is 1. The Hall–Kier alpha value is -3.20. The molecule has 0 saturated heterocycles. The first kappa shape index (κ1) is 20.1. The number of sulfonamides is 1. The Morgan fingerprint density at radius 2 is 1.78 bits per heavy atom. The third-order valence-electron chi connectivity index (χ3n) is 3.66. The van der Waals surface area contributed by atoms with E-state index in [-0.39, 0.29) is 5.56 Å². The van der Waals surface area contributed by atoms with Crippen LogP contribution in [0, 0.1) is 6.92 Å². The van der Waals surface area contributed by atoms with Gasteiger partial charge in [0.2, 0.25) is 10.0 Å². The van der Waals surface area contributed by atoms with Gasteiger partial charge in [0.25, 0.3) is 5.91 Å². The Morgan fingerprint density at radius 3 is 2.41 bits per heavy atom. The summed E-state index contributed by atoms with van der Waals surface area (Å²) in [6, 6.07) is 13.0. The number of nitrogens with one attached hydrogen (secondary N) is 1. The molecule has 8 nitrogen and oxygen atoms in total. The Morgan fingerprint density at radius 1 is 1.15 bits per heavy atom. The van der Waals surface area contributed by atoms with Crippen molar-refractivity contribution < 1.29 is 23.1 Å². The number of hydrogen-bond acceptors (Lipinski definition) is 5. The van der Waals surface area contributed by atoms with E-state index in [1.165, 1.54) is 18.3 Å². The molecule has 0 heterocycles. The highest BCUT2D eigenvalue weighted by Crippen LogP contribution is 2.21. The number of carboxylic acids is 1. The van der Waals surface area contributed by atoms with Crippen molar-refractivity contribution in [2.24, 2.45) is 5.10 Å². The molecule has 9 heteroatoms. The molecule has 2 aromatic carbocycles. The zero-order chi connectivity index (χ0) is 20.0. The van der Waals surface area contributed by atoms with Crippen molar-refractivity contribution in [2.75, 3.05) is 17.1 Å². The highest BCUT2D eigenvalue weighted by atomic mass is 32.2. The quantitative estimate of drug-likeness (QED) is 0.551. The van der Waals surface area contributed by atoms with Crippen molar-refractivity contribution in [1.82, 2.24) is 5.43 Å². The van der Waals surface area contributed by atoms with Crippen LogP contribution in [0.25, 0.3) is 0 Å². The van der Waals surface area contributed by atoms with Crippen molar-refractivity contribution in [3.8, 4) is 0 Å². The predicted octanol–water partition coefficient (Wildman–Crippen LogP) is 1.61. The van der Waals surface area contributed by atoms with Crippen LogP contribution >= 0.6 is 0 Å². The van der Waals surface area contributed by atoms with Gasteiger partial charge in [-0.15, -0.1) is 0 Å². The second kappa shape index (κ2) is 8.45. The number of carbonyl (C=O) groups is 2. The lowest BCUT2D eigenvalue weighted by Crippen LogP contribution is -2.39. The van der Waals surface area contributed by atoms with E-state index in [1.807, 2.05) is 0 Å². The molecule has 0 fully saturated rings. The average molecular weight is 389 g/mol. The molecule has 0 aliphatic rings. The zero-order valence-corrected chi connectivity index (χ0v) is 15.6. The molecule has 27 heavy (non-hydrogen) atoms. The molecule has 0 unspecified atom stereocenters. The van der Waals surface area contributed by atoms with Crippen molar-refractivity contribution in [1.29, 1.82) is 0 Å². The number of carbonyl (C=O) groups excluding carboxylic acids is 1. The average Bonchev–Trinajstić information content (AvgIpc) is 2.60. The number of aryl methyl sites for hydroxylation is 1. The van der Waals surface area contributed by atoms with Gasteiger partial charge < -0.3 is 5.11 Å². The molecule has 0 bridgehead atoms. The maximum atomic E-state index is 12.1. The summed E-state index contributed by atoms with van der Waals surface area (Å²) in [6.07, 6.45) is 2.21. The first-order chi connectivity index (χ1) is 12.7. The second-order valence-electron chi connectivity index (χ2n) is 5.74. The normalized spacial score (nSPS) is 11.3. The molecule has 142 valence electrons. The summed E-state index contributed by atoms with van der Waals surface area (Å²) in [7, 11) is -3.69. The Labute approximate surface area is 157 Å². The second-order valence-corrected chi connectivity index (χ2v) is 7.65. The SMILES string of the molecule is Cc1ccccc1N(CC(=O)N/N=C/c1ccccc1C(=O)O)S(C)(=O)=O. The van der Waals surface area contributed by atoms with Gasteiger partial charge in [0.15, 0.2) is 0 Å². The number of rotatable bonds is 7. The lowest BCUT2D eigenvalue weighted by atomic mass is 10.1. The molecule has 0 aromatic heterocycles. The van der Waals surface area contributed by atoms with Crippen LogP contribution in [0.1, 0.15) is 21.5 Å². The summed E-state index contributed by atoms with van der Waals surface area (Å²) in [5.74, 6) is -1.78. The van der Waals surface area contributed by atoms with Gasteiger partial charge in [-0.1, -0.05) is 36.4 Å². The van der Waals surface area contributed by atoms with Crippen molar-refractivity contribution in [2.45, 2.75) is 6.92 Å². The lowest BCUT2D eigenvalue weighted by molar-refractivity contribution is -0.119. The smallest absolute Gasteiger partial charge is 0.336 e. The van der Waals surface area contributed by atoms with Crippen LogP contribution in [-0.2, 0) is 14.8 Å². The molecule has 0 aliphatic carbocycles. The largest absolute Gasteiger partial charge is 0.478 e. The minimum atomic E-state index is -3.69. The van der Waals surface area contributed by atoms with Gasteiger partial charge >= 0.3 is 5.97 Å². The van der Waals surface area contributed by atoms with Crippen LogP contribution in [0.3, 0.4) is 0 Å². The fourth-order valence-corrected chi connectivity index (χ4v) is 3.28. The first-order valence-corrected chi connectivity index (χ1v) is 9.72. The molecule has 0 saturated carbocycles. The summed E-state index contributed by atoms with van der Waals surface area (Å²) < 4.78 is 25.1. The van der Waals surface area contributed by atoms with E-state index in [1.54, 1.807) is 43.3 Å². The number of anilines is 1. The lowest BCUT2D eigenvalue weighted by Gasteiger charge is -2.23. The molecular formula is C18H19N3O5S. The van der Waals surface area contributed by atoms with Crippen LogP contribution in [0.4, 0.5) is 5.69 Å². The summed E-state index contributed by atoms with van der Waals surface area (Å²) in [6.45, 7) is 1.29. The summed E-state index contributed by atoms with van der Waals surface area (Å²) >= 11 is 0. The maximum absolute atomic E-state index is 12.1. The van der Waals surface area contributed by atoms with Crippen molar-refractivity contribution >= 4 is 33.8 Å². The van der Waals surface area contributed by atoms with Crippen molar-refractivity contribution in [3.63, 3.8) is 0 Å². The Balaban J connectivity index is 2.14.